The largest absolute Gasteiger partial charge is 0.274 e. The summed E-state index contributed by atoms with van der Waals surface area (Å²) in [5, 5.41) is 0. The molecule has 3 nitrogen and oxygen atoms in total. The highest BCUT2D eigenvalue weighted by atomic mass is 16.2. The molecule has 0 aliphatic carbocycles. The minimum absolute atomic E-state index is 0.0920. The van der Waals surface area contributed by atoms with Crippen molar-refractivity contribution >= 4 is 17.5 Å². The van der Waals surface area contributed by atoms with Gasteiger partial charge < -0.3 is 0 Å². The summed E-state index contributed by atoms with van der Waals surface area (Å²) in [6.45, 7) is 3.73. The molecule has 1 fully saturated rings. The zero-order chi connectivity index (χ0) is 11.0. The Labute approximate surface area is 88.7 Å². The van der Waals surface area contributed by atoms with Crippen LogP contribution in [0.4, 0.5) is 5.69 Å². The van der Waals surface area contributed by atoms with Crippen LogP contribution >= 0.6 is 0 Å². The molecule has 78 valence electrons. The second-order valence-electron chi connectivity index (χ2n) is 4.01. The molecular formula is C12H13NO2. The SMILES string of the molecule is Cc1cccc(N2C(=O)CC(C)C2=O)c1. The Morgan fingerprint density at radius 1 is 1.33 bits per heavy atom. The first kappa shape index (κ1) is 9.90. The van der Waals surface area contributed by atoms with Crippen LogP contribution in [0.1, 0.15) is 18.9 Å². The number of hydrogen-bond donors (Lipinski definition) is 0. The maximum atomic E-state index is 11.7. The van der Waals surface area contributed by atoms with Gasteiger partial charge in [-0.3, -0.25) is 14.5 Å². The number of anilines is 1. The number of rotatable bonds is 1. The predicted molar refractivity (Wildman–Crippen MR) is 57.5 cm³/mol. The van der Waals surface area contributed by atoms with Gasteiger partial charge in [0.15, 0.2) is 0 Å². The first-order valence-corrected chi connectivity index (χ1v) is 5.03. The summed E-state index contributed by atoms with van der Waals surface area (Å²) in [5.41, 5.74) is 1.74. The average Bonchev–Trinajstić information content (AvgIpc) is 2.41. The Hall–Kier alpha value is -1.64. The number of carbonyl (C=O) groups excluding carboxylic acids is 2. The molecule has 1 aliphatic rings. The summed E-state index contributed by atoms with van der Waals surface area (Å²) in [7, 11) is 0. The number of amides is 2. The van der Waals surface area contributed by atoms with Gasteiger partial charge in [0.1, 0.15) is 0 Å². The molecule has 1 heterocycles. The van der Waals surface area contributed by atoms with E-state index in [0.717, 1.165) is 5.56 Å². The van der Waals surface area contributed by atoms with E-state index < -0.39 is 0 Å². The zero-order valence-electron chi connectivity index (χ0n) is 8.86. The maximum Gasteiger partial charge on any atom is 0.237 e. The lowest BCUT2D eigenvalue weighted by atomic mass is 10.1. The van der Waals surface area contributed by atoms with E-state index in [1.165, 1.54) is 4.90 Å². The first-order valence-electron chi connectivity index (χ1n) is 5.03. The van der Waals surface area contributed by atoms with E-state index in [2.05, 4.69) is 0 Å². The molecule has 0 radical (unpaired) electrons. The summed E-state index contributed by atoms with van der Waals surface area (Å²) in [6, 6.07) is 7.45. The molecule has 1 aromatic rings. The molecule has 0 N–H and O–H groups in total. The lowest BCUT2D eigenvalue weighted by Crippen LogP contribution is -2.29. The standard InChI is InChI=1S/C12H13NO2/c1-8-4-3-5-10(6-8)13-11(14)7-9(2)12(13)15/h3-6,9H,7H2,1-2H3. The third-order valence-electron chi connectivity index (χ3n) is 2.63. The molecule has 2 rings (SSSR count). The van der Waals surface area contributed by atoms with Gasteiger partial charge in [0, 0.05) is 12.3 Å². The average molecular weight is 203 g/mol. The fourth-order valence-corrected chi connectivity index (χ4v) is 1.82. The van der Waals surface area contributed by atoms with Crippen molar-refractivity contribution in [3.63, 3.8) is 0 Å². The number of imide groups is 1. The lowest BCUT2D eigenvalue weighted by Gasteiger charge is -2.14. The van der Waals surface area contributed by atoms with E-state index in [1.807, 2.05) is 25.1 Å². The Morgan fingerprint density at radius 3 is 2.60 bits per heavy atom. The molecule has 1 atom stereocenters. The second-order valence-corrected chi connectivity index (χ2v) is 4.01. The minimum Gasteiger partial charge on any atom is -0.274 e. The summed E-state index contributed by atoms with van der Waals surface area (Å²) < 4.78 is 0. The molecule has 1 aliphatic heterocycles. The van der Waals surface area contributed by atoms with Crippen LogP contribution < -0.4 is 4.90 Å². The van der Waals surface area contributed by atoms with Crippen LogP contribution in [0.5, 0.6) is 0 Å². The van der Waals surface area contributed by atoms with Crippen molar-refractivity contribution in [3.05, 3.63) is 29.8 Å². The van der Waals surface area contributed by atoms with E-state index in [0.29, 0.717) is 12.1 Å². The zero-order valence-corrected chi connectivity index (χ0v) is 8.86. The Kier molecular flexibility index (Phi) is 2.31. The molecule has 1 unspecified atom stereocenters. The fraction of sp³-hybridized carbons (Fsp3) is 0.333. The van der Waals surface area contributed by atoms with Crippen molar-refractivity contribution in [2.75, 3.05) is 4.90 Å². The topological polar surface area (TPSA) is 37.4 Å². The Bertz CT molecular complexity index is 425. The molecule has 1 saturated heterocycles. The molecule has 2 amide bonds. The molecule has 0 bridgehead atoms. The van der Waals surface area contributed by atoms with Crippen LogP contribution in [-0.4, -0.2) is 11.8 Å². The van der Waals surface area contributed by atoms with Gasteiger partial charge in [-0.1, -0.05) is 19.1 Å². The van der Waals surface area contributed by atoms with Gasteiger partial charge in [0.25, 0.3) is 0 Å². The second kappa shape index (κ2) is 3.50. The third kappa shape index (κ3) is 1.65. The Balaban J connectivity index is 2.39. The molecular weight excluding hydrogens is 190 g/mol. The van der Waals surface area contributed by atoms with Crippen LogP contribution in [0, 0.1) is 12.8 Å². The first-order chi connectivity index (χ1) is 7.09. The monoisotopic (exact) mass is 203 g/mol. The molecule has 3 heteroatoms. The van der Waals surface area contributed by atoms with E-state index >= 15 is 0 Å². The fourth-order valence-electron chi connectivity index (χ4n) is 1.82. The van der Waals surface area contributed by atoms with Gasteiger partial charge in [-0.05, 0) is 24.6 Å². The normalized spacial score (nSPS) is 21.2. The van der Waals surface area contributed by atoms with Gasteiger partial charge in [-0.2, -0.15) is 0 Å². The highest BCUT2D eigenvalue weighted by molar-refractivity contribution is 6.20. The molecule has 0 saturated carbocycles. The molecule has 15 heavy (non-hydrogen) atoms. The third-order valence-corrected chi connectivity index (χ3v) is 2.63. The van der Waals surface area contributed by atoms with Crippen LogP contribution in [0.25, 0.3) is 0 Å². The van der Waals surface area contributed by atoms with Crippen molar-refractivity contribution < 1.29 is 9.59 Å². The predicted octanol–water partition coefficient (Wildman–Crippen LogP) is 1.89. The molecule has 1 aromatic carbocycles. The van der Waals surface area contributed by atoms with Crippen molar-refractivity contribution in [3.8, 4) is 0 Å². The summed E-state index contributed by atoms with van der Waals surface area (Å²) in [6.07, 6.45) is 0.326. The quantitative estimate of drug-likeness (QED) is 0.654. The van der Waals surface area contributed by atoms with Crippen molar-refractivity contribution in [2.45, 2.75) is 20.3 Å². The number of hydrogen-bond acceptors (Lipinski definition) is 2. The van der Waals surface area contributed by atoms with E-state index in [4.69, 9.17) is 0 Å². The Morgan fingerprint density at radius 2 is 2.07 bits per heavy atom. The van der Waals surface area contributed by atoms with Gasteiger partial charge in [0.05, 0.1) is 5.69 Å². The van der Waals surface area contributed by atoms with Crippen LogP contribution in [0.15, 0.2) is 24.3 Å². The summed E-state index contributed by atoms with van der Waals surface area (Å²) in [5.74, 6) is -0.373. The number of nitrogens with zero attached hydrogens (tertiary/aromatic N) is 1. The maximum absolute atomic E-state index is 11.7. The lowest BCUT2D eigenvalue weighted by molar-refractivity contribution is -0.122. The van der Waals surface area contributed by atoms with Gasteiger partial charge in [0.2, 0.25) is 11.8 Å². The van der Waals surface area contributed by atoms with Gasteiger partial charge >= 0.3 is 0 Å². The molecule has 0 aromatic heterocycles. The van der Waals surface area contributed by atoms with E-state index in [1.54, 1.807) is 13.0 Å². The summed E-state index contributed by atoms with van der Waals surface area (Å²) >= 11 is 0. The van der Waals surface area contributed by atoms with Crippen LogP contribution in [0.2, 0.25) is 0 Å². The van der Waals surface area contributed by atoms with Crippen molar-refractivity contribution in [1.82, 2.24) is 0 Å². The number of carbonyl (C=O) groups is 2. The van der Waals surface area contributed by atoms with Crippen LogP contribution in [0.3, 0.4) is 0 Å². The van der Waals surface area contributed by atoms with Crippen molar-refractivity contribution in [2.24, 2.45) is 5.92 Å². The van der Waals surface area contributed by atoms with Crippen LogP contribution in [-0.2, 0) is 9.59 Å². The van der Waals surface area contributed by atoms with Crippen molar-refractivity contribution in [1.29, 1.82) is 0 Å². The minimum atomic E-state index is -0.182. The smallest absolute Gasteiger partial charge is 0.237 e. The highest BCUT2D eigenvalue weighted by Gasteiger charge is 2.36. The van der Waals surface area contributed by atoms with Gasteiger partial charge in [-0.25, -0.2) is 0 Å². The highest BCUT2D eigenvalue weighted by Crippen LogP contribution is 2.26. The van der Waals surface area contributed by atoms with Gasteiger partial charge in [-0.15, -0.1) is 0 Å². The number of aryl methyl sites for hydroxylation is 1. The van der Waals surface area contributed by atoms with E-state index in [9.17, 15) is 9.59 Å². The summed E-state index contributed by atoms with van der Waals surface area (Å²) in [4.78, 5) is 24.6. The van der Waals surface area contributed by atoms with E-state index in [-0.39, 0.29) is 17.7 Å². The molecule has 0 spiro atoms. The number of benzene rings is 1.